The minimum atomic E-state index is -0.292. The maximum atomic E-state index is 9.37. The van der Waals surface area contributed by atoms with Crippen LogP contribution >= 0.6 is 11.6 Å². The molecule has 0 bridgehead atoms. The molecular weight excluding hydrogens is 352 g/mol. The third kappa shape index (κ3) is 2.43. The Morgan fingerprint density at radius 3 is 2.73 bits per heavy atom. The molecule has 0 amide bonds. The molecule has 0 aliphatic rings. The minimum Gasteiger partial charge on any atom is -0.392 e. The summed E-state index contributed by atoms with van der Waals surface area (Å²) in [5.74, 6) is 0.353. The van der Waals surface area contributed by atoms with Gasteiger partial charge in [0, 0.05) is 10.9 Å². The van der Waals surface area contributed by atoms with Gasteiger partial charge in [-0.05, 0) is 32.4 Å². The highest BCUT2D eigenvalue weighted by Gasteiger charge is 2.26. The summed E-state index contributed by atoms with van der Waals surface area (Å²) < 4.78 is 1.83. The van der Waals surface area contributed by atoms with Crippen LogP contribution in [0.15, 0.2) is 24.5 Å². The van der Waals surface area contributed by atoms with Gasteiger partial charge in [0.15, 0.2) is 5.65 Å². The van der Waals surface area contributed by atoms with Crippen molar-refractivity contribution >= 4 is 39.4 Å². The lowest BCUT2D eigenvalue weighted by Crippen LogP contribution is -2.23. The fourth-order valence-corrected chi connectivity index (χ4v) is 3.39. The molecular formula is C18H19ClN6O. The number of aliphatic hydroxyl groups excluding tert-OH is 1. The molecule has 134 valence electrons. The Bertz CT molecular complexity index is 1140. The Morgan fingerprint density at radius 2 is 2.04 bits per heavy atom. The number of benzene rings is 1. The number of aromatic amines is 1. The van der Waals surface area contributed by atoms with E-state index in [0.717, 1.165) is 16.5 Å². The van der Waals surface area contributed by atoms with Crippen LogP contribution in [0.2, 0.25) is 5.02 Å². The predicted octanol–water partition coefficient (Wildman–Crippen LogP) is 3.46. The number of hydrogen-bond donors (Lipinski definition) is 3. The van der Waals surface area contributed by atoms with Gasteiger partial charge in [0.25, 0.3) is 0 Å². The first kappa shape index (κ1) is 16.8. The Balaban J connectivity index is 2.06. The number of nitrogens with zero attached hydrogens (tertiary/aromatic N) is 4. The van der Waals surface area contributed by atoms with E-state index >= 15 is 0 Å². The highest BCUT2D eigenvalue weighted by atomic mass is 35.5. The van der Waals surface area contributed by atoms with Crippen molar-refractivity contribution in [1.29, 1.82) is 0 Å². The summed E-state index contributed by atoms with van der Waals surface area (Å²) in [5, 5.41) is 16.2. The van der Waals surface area contributed by atoms with Gasteiger partial charge in [0.1, 0.15) is 17.8 Å². The highest BCUT2D eigenvalue weighted by Crippen LogP contribution is 2.39. The summed E-state index contributed by atoms with van der Waals surface area (Å²) in [5.41, 5.74) is 9.41. The Hall–Kier alpha value is -2.64. The molecule has 0 saturated heterocycles. The molecule has 0 unspecified atom stereocenters. The zero-order valence-corrected chi connectivity index (χ0v) is 15.5. The van der Waals surface area contributed by atoms with Crippen molar-refractivity contribution in [1.82, 2.24) is 24.7 Å². The van der Waals surface area contributed by atoms with Crippen LogP contribution in [0, 0.1) is 0 Å². The fraction of sp³-hybridized carbons (Fsp3) is 0.278. The van der Waals surface area contributed by atoms with Crippen molar-refractivity contribution in [2.45, 2.75) is 32.9 Å². The van der Waals surface area contributed by atoms with Crippen LogP contribution in [0.4, 0.5) is 5.82 Å². The van der Waals surface area contributed by atoms with E-state index in [0.29, 0.717) is 33.3 Å². The Morgan fingerprint density at radius 1 is 1.27 bits per heavy atom. The third-order valence-electron chi connectivity index (χ3n) is 4.35. The standard InChI is InChI=1S/C18H19ClN6O/c1-18(2,3)25-17-12(16(20)21-8-22-17)14(24-25)15-13(19)10-5-4-9(7-26)6-11(10)23-15/h4-6,8,23,26H,7H2,1-3H3,(H2,20,21,22). The first-order valence-corrected chi connectivity index (χ1v) is 8.60. The number of aromatic nitrogens is 5. The molecule has 4 rings (SSSR count). The molecule has 3 aromatic heterocycles. The predicted molar refractivity (Wildman–Crippen MR) is 103 cm³/mol. The maximum absolute atomic E-state index is 9.37. The van der Waals surface area contributed by atoms with Crippen LogP contribution in [-0.2, 0) is 12.1 Å². The molecule has 4 aromatic rings. The SMILES string of the molecule is CC(C)(C)n1nc(-c2[nH]c3cc(CO)ccc3c2Cl)c2c(N)ncnc21. The molecule has 7 nitrogen and oxygen atoms in total. The summed E-state index contributed by atoms with van der Waals surface area (Å²) in [4.78, 5) is 11.8. The molecule has 0 aliphatic carbocycles. The number of hydrogen-bond acceptors (Lipinski definition) is 5. The molecule has 0 fully saturated rings. The summed E-state index contributed by atoms with van der Waals surface area (Å²) >= 11 is 6.64. The monoisotopic (exact) mass is 370 g/mol. The zero-order chi connectivity index (χ0) is 18.6. The number of nitrogens with two attached hydrogens (primary N) is 1. The smallest absolute Gasteiger partial charge is 0.164 e. The first-order valence-electron chi connectivity index (χ1n) is 8.22. The molecule has 4 N–H and O–H groups in total. The second kappa shape index (κ2) is 5.69. The number of fused-ring (bicyclic) bond motifs is 2. The van der Waals surface area contributed by atoms with Crippen molar-refractivity contribution in [2.75, 3.05) is 5.73 Å². The average molecular weight is 371 g/mol. The van der Waals surface area contributed by atoms with Gasteiger partial charge in [-0.3, -0.25) is 0 Å². The van der Waals surface area contributed by atoms with Gasteiger partial charge in [-0.25, -0.2) is 14.6 Å². The molecule has 0 saturated carbocycles. The van der Waals surface area contributed by atoms with Gasteiger partial charge in [-0.1, -0.05) is 23.7 Å². The summed E-state index contributed by atoms with van der Waals surface area (Å²) in [6.45, 7) is 6.09. The Kier molecular flexibility index (Phi) is 3.68. The molecule has 3 heterocycles. The maximum Gasteiger partial charge on any atom is 0.164 e. The molecule has 0 atom stereocenters. The molecule has 0 aliphatic heterocycles. The average Bonchev–Trinajstić information content (AvgIpc) is 3.13. The second-order valence-corrected chi connectivity index (χ2v) is 7.62. The van der Waals surface area contributed by atoms with Gasteiger partial charge >= 0.3 is 0 Å². The summed E-state index contributed by atoms with van der Waals surface area (Å²) in [7, 11) is 0. The quantitative estimate of drug-likeness (QED) is 0.501. The number of H-pyrrole nitrogens is 1. The van der Waals surface area contributed by atoms with E-state index < -0.39 is 0 Å². The highest BCUT2D eigenvalue weighted by molar-refractivity contribution is 6.38. The van der Waals surface area contributed by atoms with E-state index in [-0.39, 0.29) is 12.1 Å². The van der Waals surface area contributed by atoms with Gasteiger partial charge in [-0.15, -0.1) is 0 Å². The van der Waals surface area contributed by atoms with Crippen LogP contribution in [0.1, 0.15) is 26.3 Å². The fourth-order valence-electron chi connectivity index (χ4n) is 3.09. The lowest BCUT2D eigenvalue weighted by molar-refractivity contribution is 0.282. The third-order valence-corrected chi connectivity index (χ3v) is 4.74. The number of anilines is 1. The minimum absolute atomic E-state index is 0.0374. The van der Waals surface area contributed by atoms with Crippen molar-refractivity contribution in [2.24, 2.45) is 0 Å². The van der Waals surface area contributed by atoms with Crippen molar-refractivity contribution in [3.63, 3.8) is 0 Å². The van der Waals surface area contributed by atoms with Gasteiger partial charge in [-0.2, -0.15) is 5.10 Å². The van der Waals surface area contributed by atoms with E-state index in [4.69, 9.17) is 22.4 Å². The molecule has 26 heavy (non-hydrogen) atoms. The van der Waals surface area contributed by atoms with E-state index in [2.05, 4.69) is 15.0 Å². The van der Waals surface area contributed by atoms with Crippen molar-refractivity contribution < 1.29 is 5.11 Å². The topological polar surface area (TPSA) is 106 Å². The molecule has 1 aromatic carbocycles. The van der Waals surface area contributed by atoms with Gasteiger partial charge < -0.3 is 15.8 Å². The first-order chi connectivity index (χ1) is 12.3. The second-order valence-electron chi connectivity index (χ2n) is 7.24. The molecule has 8 heteroatoms. The largest absolute Gasteiger partial charge is 0.392 e. The van der Waals surface area contributed by atoms with E-state index in [1.807, 2.05) is 43.7 Å². The van der Waals surface area contributed by atoms with Gasteiger partial charge in [0.2, 0.25) is 0 Å². The van der Waals surface area contributed by atoms with Crippen LogP contribution in [0.25, 0.3) is 33.3 Å². The lowest BCUT2D eigenvalue weighted by Gasteiger charge is -2.19. The van der Waals surface area contributed by atoms with Crippen LogP contribution in [-0.4, -0.2) is 29.8 Å². The molecule has 0 spiro atoms. The van der Waals surface area contributed by atoms with Crippen molar-refractivity contribution in [3.05, 3.63) is 35.1 Å². The van der Waals surface area contributed by atoms with Crippen LogP contribution in [0.5, 0.6) is 0 Å². The van der Waals surface area contributed by atoms with Crippen molar-refractivity contribution in [3.8, 4) is 11.4 Å². The summed E-state index contributed by atoms with van der Waals surface area (Å²) in [6, 6.07) is 5.59. The van der Waals surface area contributed by atoms with E-state index in [1.165, 1.54) is 6.33 Å². The normalized spacial score (nSPS) is 12.3. The number of rotatable bonds is 2. The summed E-state index contributed by atoms with van der Waals surface area (Å²) in [6.07, 6.45) is 1.44. The number of nitrogen functional groups attached to an aromatic ring is 1. The number of halogens is 1. The Labute approximate surface area is 154 Å². The van der Waals surface area contributed by atoms with E-state index in [1.54, 1.807) is 0 Å². The van der Waals surface area contributed by atoms with Gasteiger partial charge in [0.05, 0.1) is 28.2 Å². The van der Waals surface area contributed by atoms with Crippen LogP contribution < -0.4 is 5.73 Å². The number of aliphatic hydroxyl groups is 1. The zero-order valence-electron chi connectivity index (χ0n) is 14.7. The van der Waals surface area contributed by atoms with E-state index in [9.17, 15) is 5.11 Å². The molecule has 0 radical (unpaired) electrons. The van der Waals surface area contributed by atoms with Crippen LogP contribution in [0.3, 0.4) is 0 Å². The number of nitrogens with one attached hydrogen (secondary N) is 1. The lowest BCUT2D eigenvalue weighted by atomic mass is 10.1.